The number of nitrogens with one attached hydrogen (secondary N) is 2. The molecule has 1 aromatic heterocycles. The van der Waals surface area contributed by atoms with E-state index in [-0.39, 0.29) is 16.7 Å². The maximum atomic E-state index is 12.7. The molecule has 180 valence electrons. The first kappa shape index (κ1) is 23.8. The standard InChI is InChI=1S/C27H44N2O3/c1-25(2)17-23(28-18-20-8-5-4-6-9-20)27(14-13-26(3,31)16-22(25)27)12-11-24(30)29-19-21-10-7-15-32-21/h7,10,15,20,22-23,28,31H,4-6,8-9,11-14,16-19H2,1-3H3,(H,29,30)/t22-,23-,26-,27-/m0/s1. The second-order valence-electron chi connectivity index (χ2n) is 12.0. The molecule has 5 nitrogen and oxygen atoms in total. The van der Waals surface area contributed by atoms with Crippen molar-refractivity contribution in [2.75, 3.05) is 6.54 Å². The SMILES string of the molecule is CC1(C)C[C@H](NCC2CCCCC2)[C@@]2(CCC(=O)NCc3ccco3)CC[C@](C)(O)C[C@@H]12. The summed E-state index contributed by atoms with van der Waals surface area (Å²) >= 11 is 0. The van der Waals surface area contributed by atoms with Crippen LogP contribution in [0, 0.1) is 22.7 Å². The summed E-state index contributed by atoms with van der Waals surface area (Å²) in [5, 5.41) is 18.0. The number of hydrogen-bond donors (Lipinski definition) is 3. The number of amides is 1. The summed E-state index contributed by atoms with van der Waals surface area (Å²) < 4.78 is 5.35. The summed E-state index contributed by atoms with van der Waals surface area (Å²) in [4.78, 5) is 12.7. The van der Waals surface area contributed by atoms with Crippen molar-refractivity contribution in [3.8, 4) is 0 Å². The number of furan rings is 1. The molecule has 3 fully saturated rings. The molecule has 4 rings (SSSR count). The molecule has 3 N–H and O–H groups in total. The summed E-state index contributed by atoms with van der Waals surface area (Å²) in [5.74, 6) is 2.12. The van der Waals surface area contributed by atoms with Gasteiger partial charge in [-0.3, -0.25) is 4.79 Å². The quantitative estimate of drug-likeness (QED) is 0.516. The first-order valence-corrected chi connectivity index (χ1v) is 13.0. The number of aliphatic hydroxyl groups is 1. The van der Waals surface area contributed by atoms with Crippen molar-refractivity contribution in [1.82, 2.24) is 10.6 Å². The molecule has 0 saturated heterocycles. The van der Waals surface area contributed by atoms with Gasteiger partial charge in [0.25, 0.3) is 0 Å². The van der Waals surface area contributed by atoms with Gasteiger partial charge in [0.15, 0.2) is 0 Å². The number of hydrogen-bond acceptors (Lipinski definition) is 4. The second kappa shape index (κ2) is 9.50. The van der Waals surface area contributed by atoms with Gasteiger partial charge in [-0.05, 0) is 93.2 Å². The Morgan fingerprint density at radius 3 is 2.66 bits per heavy atom. The Morgan fingerprint density at radius 1 is 1.16 bits per heavy atom. The molecule has 1 heterocycles. The normalized spacial score (nSPS) is 34.9. The summed E-state index contributed by atoms with van der Waals surface area (Å²) in [6.07, 6.45) is 13.7. The highest BCUT2D eigenvalue weighted by molar-refractivity contribution is 5.75. The molecular formula is C27H44N2O3. The maximum Gasteiger partial charge on any atom is 0.220 e. The minimum Gasteiger partial charge on any atom is -0.467 e. The van der Waals surface area contributed by atoms with E-state index in [9.17, 15) is 9.90 Å². The molecule has 0 bridgehead atoms. The molecule has 3 saturated carbocycles. The molecule has 0 radical (unpaired) electrons. The van der Waals surface area contributed by atoms with Gasteiger partial charge in [-0.1, -0.05) is 33.1 Å². The number of rotatable bonds is 8. The first-order valence-electron chi connectivity index (χ1n) is 13.0. The van der Waals surface area contributed by atoms with E-state index in [2.05, 4.69) is 24.5 Å². The zero-order valence-corrected chi connectivity index (χ0v) is 20.4. The molecule has 0 aromatic carbocycles. The van der Waals surface area contributed by atoms with E-state index in [1.165, 1.54) is 32.1 Å². The van der Waals surface area contributed by atoms with Gasteiger partial charge >= 0.3 is 0 Å². The van der Waals surface area contributed by atoms with Gasteiger partial charge in [0.2, 0.25) is 5.91 Å². The van der Waals surface area contributed by atoms with Crippen molar-refractivity contribution >= 4 is 5.91 Å². The number of fused-ring (bicyclic) bond motifs is 1. The van der Waals surface area contributed by atoms with E-state index < -0.39 is 5.60 Å². The van der Waals surface area contributed by atoms with Gasteiger partial charge < -0.3 is 20.2 Å². The first-order chi connectivity index (χ1) is 15.2. The van der Waals surface area contributed by atoms with Crippen LogP contribution in [0.5, 0.6) is 0 Å². The van der Waals surface area contributed by atoms with Gasteiger partial charge in [-0.15, -0.1) is 0 Å². The van der Waals surface area contributed by atoms with Crippen LogP contribution in [-0.4, -0.2) is 29.2 Å². The third-order valence-electron chi connectivity index (χ3n) is 9.07. The topological polar surface area (TPSA) is 74.5 Å². The van der Waals surface area contributed by atoms with E-state index in [0.717, 1.165) is 50.3 Å². The Bertz CT molecular complexity index is 751. The zero-order valence-electron chi connectivity index (χ0n) is 20.4. The third-order valence-corrected chi connectivity index (χ3v) is 9.07. The average molecular weight is 445 g/mol. The minimum absolute atomic E-state index is 0.0857. The van der Waals surface area contributed by atoms with Crippen LogP contribution in [0.3, 0.4) is 0 Å². The Kier molecular flexibility index (Phi) is 7.07. The van der Waals surface area contributed by atoms with E-state index in [1.807, 2.05) is 19.1 Å². The molecule has 4 atom stereocenters. The fourth-order valence-electron chi connectivity index (χ4n) is 7.25. The van der Waals surface area contributed by atoms with E-state index >= 15 is 0 Å². The van der Waals surface area contributed by atoms with Gasteiger partial charge in [0.1, 0.15) is 5.76 Å². The van der Waals surface area contributed by atoms with Crippen LogP contribution in [0.4, 0.5) is 0 Å². The fraction of sp³-hybridized carbons (Fsp3) is 0.815. The van der Waals surface area contributed by atoms with Gasteiger partial charge in [0, 0.05) is 12.5 Å². The summed E-state index contributed by atoms with van der Waals surface area (Å²) in [7, 11) is 0. The molecule has 0 aliphatic heterocycles. The minimum atomic E-state index is -0.592. The average Bonchev–Trinajstić information content (AvgIpc) is 3.35. The van der Waals surface area contributed by atoms with Crippen molar-refractivity contribution in [2.45, 2.75) is 110 Å². The maximum absolute atomic E-state index is 12.7. The van der Waals surface area contributed by atoms with Gasteiger partial charge in [0.05, 0.1) is 18.4 Å². The van der Waals surface area contributed by atoms with Crippen LogP contribution in [-0.2, 0) is 11.3 Å². The molecule has 32 heavy (non-hydrogen) atoms. The third kappa shape index (κ3) is 5.25. The summed E-state index contributed by atoms with van der Waals surface area (Å²) in [6, 6.07) is 4.17. The summed E-state index contributed by atoms with van der Waals surface area (Å²) in [5.41, 5.74) is -0.340. The lowest BCUT2D eigenvalue weighted by atomic mass is 9.57. The lowest BCUT2D eigenvalue weighted by Gasteiger charge is -2.51. The van der Waals surface area contributed by atoms with E-state index in [0.29, 0.717) is 24.9 Å². The Balaban J connectivity index is 1.45. The Morgan fingerprint density at radius 2 is 1.94 bits per heavy atom. The molecule has 3 aliphatic rings. The Labute approximate surface area is 194 Å². The molecule has 1 amide bonds. The zero-order chi connectivity index (χ0) is 22.8. The van der Waals surface area contributed by atoms with Crippen molar-refractivity contribution in [1.29, 1.82) is 0 Å². The van der Waals surface area contributed by atoms with E-state index in [4.69, 9.17) is 4.42 Å². The van der Waals surface area contributed by atoms with E-state index in [1.54, 1.807) is 6.26 Å². The largest absolute Gasteiger partial charge is 0.467 e. The lowest BCUT2D eigenvalue weighted by molar-refractivity contribution is -0.123. The van der Waals surface area contributed by atoms with Crippen molar-refractivity contribution in [3.05, 3.63) is 24.2 Å². The summed E-state index contributed by atoms with van der Waals surface area (Å²) in [6.45, 7) is 8.33. The molecule has 3 aliphatic carbocycles. The molecule has 1 aromatic rings. The highest BCUT2D eigenvalue weighted by Gasteiger charge is 2.61. The predicted molar refractivity (Wildman–Crippen MR) is 127 cm³/mol. The van der Waals surface area contributed by atoms with Crippen LogP contribution in [0.15, 0.2) is 22.8 Å². The van der Waals surface area contributed by atoms with Crippen LogP contribution < -0.4 is 10.6 Å². The van der Waals surface area contributed by atoms with Gasteiger partial charge in [-0.2, -0.15) is 0 Å². The highest BCUT2D eigenvalue weighted by atomic mass is 16.3. The van der Waals surface area contributed by atoms with Crippen molar-refractivity contribution < 1.29 is 14.3 Å². The monoisotopic (exact) mass is 444 g/mol. The van der Waals surface area contributed by atoms with Crippen LogP contribution in [0.25, 0.3) is 0 Å². The molecule has 0 unspecified atom stereocenters. The van der Waals surface area contributed by atoms with Crippen LogP contribution in [0.1, 0.15) is 97.2 Å². The van der Waals surface area contributed by atoms with Crippen molar-refractivity contribution in [3.63, 3.8) is 0 Å². The van der Waals surface area contributed by atoms with Crippen LogP contribution in [0.2, 0.25) is 0 Å². The van der Waals surface area contributed by atoms with Gasteiger partial charge in [-0.25, -0.2) is 0 Å². The second-order valence-corrected chi connectivity index (χ2v) is 12.0. The fourth-order valence-corrected chi connectivity index (χ4v) is 7.25. The molecular weight excluding hydrogens is 400 g/mol. The lowest BCUT2D eigenvalue weighted by Crippen LogP contribution is -2.52. The molecule has 5 heteroatoms. The number of carbonyl (C=O) groups excluding carboxylic acids is 1. The van der Waals surface area contributed by atoms with Crippen molar-refractivity contribution in [2.24, 2.45) is 22.7 Å². The number of carbonyl (C=O) groups is 1. The predicted octanol–water partition coefficient (Wildman–Crippen LogP) is 5.18. The Hall–Kier alpha value is -1.33. The molecule has 0 spiro atoms. The smallest absolute Gasteiger partial charge is 0.220 e. The van der Waals surface area contributed by atoms with Crippen LogP contribution >= 0.6 is 0 Å². The highest BCUT2D eigenvalue weighted by Crippen LogP contribution is 2.63.